The first-order chi connectivity index (χ1) is 8.93. The summed E-state index contributed by atoms with van der Waals surface area (Å²) in [6.07, 6.45) is 0. The van der Waals surface area contributed by atoms with E-state index in [1.54, 1.807) is 0 Å². The van der Waals surface area contributed by atoms with Gasteiger partial charge in [-0.2, -0.15) is 0 Å². The molecule has 0 spiro atoms. The van der Waals surface area contributed by atoms with Gasteiger partial charge in [0, 0.05) is 12.5 Å². The van der Waals surface area contributed by atoms with Gasteiger partial charge in [-0.25, -0.2) is 14.6 Å². The SMILES string of the molecule is COCC(NC(=O)Nc1nc(C(C)C)cs1)C(=O)O. The number of rotatable bonds is 6. The van der Waals surface area contributed by atoms with Gasteiger partial charge in [0.2, 0.25) is 0 Å². The van der Waals surface area contributed by atoms with Crippen molar-refractivity contribution in [2.45, 2.75) is 25.8 Å². The number of amides is 2. The minimum atomic E-state index is -1.15. The van der Waals surface area contributed by atoms with Gasteiger partial charge in [0.05, 0.1) is 12.3 Å². The number of carbonyl (C=O) groups is 2. The standard InChI is InChI=1S/C11H17N3O4S/c1-6(2)8-5-19-11(13-8)14-10(17)12-7(4-18-3)9(15)16/h5-7H,4H2,1-3H3,(H,15,16)(H2,12,13,14,17). The summed E-state index contributed by atoms with van der Waals surface area (Å²) in [6.45, 7) is 3.90. The number of thiazole rings is 1. The van der Waals surface area contributed by atoms with E-state index in [9.17, 15) is 9.59 Å². The Hall–Kier alpha value is -1.67. The average molecular weight is 287 g/mol. The topological polar surface area (TPSA) is 101 Å². The van der Waals surface area contributed by atoms with Crippen LogP contribution in [0.2, 0.25) is 0 Å². The van der Waals surface area contributed by atoms with Crippen molar-refractivity contribution in [2.24, 2.45) is 0 Å². The molecule has 1 rings (SSSR count). The molecule has 1 unspecified atom stereocenters. The predicted octanol–water partition coefficient (Wildman–Crippen LogP) is 1.49. The Morgan fingerprint density at radius 2 is 2.21 bits per heavy atom. The van der Waals surface area contributed by atoms with E-state index in [1.165, 1.54) is 18.4 Å². The van der Waals surface area contributed by atoms with Crippen LogP contribution in [0.15, 0.2) is 5.38 Å². The molecule has 3 N–H and O–H groups in total. The molecule has 0 fully saturated rings. The maximum absolute atomic E-state index is 11.6. The van der Waals surface area contributed by atoms with Crippen LogP contribution in [0.3, 0.4) is 0 Å². The van der Waals surface area contributed by atoms with Crippen molar-refractivity contribution < 1.29 is 19.4 Å². The number of urea groups is 1. The molecule has 8 heteroatoms. The van der Waals surface area contributed by atoms with Gasteiger partial charge in [-0.3, -0.25) is 5.32 Å². The monoisotopic (exact) mass is 287 g/mol. The van der Waals surface area contributed by atoms with Crippen LogP contribution in [0.1, 0.15) is 25.5 Å². The predicted molar refractivity (Wildman–Crippen MR) is 71.7 cm³/mol. The van der Waals surface area contributed by atoms with Crippen molar-refractivity contribution in [1.29, 1.82) is 0 Å². The van der Waals surface area contributed by atoms with Crippen LogP contribution >= 0.6 is 11.3 Å². The van der Waals surface area contributed by atoms with Crippen molar-refractivity contribution in [1.82, 2.24) is 10.3 Å². The van der Waals surface area contributed by atoms with Crippen molar-refractivity contribution in [2.75, 3.05) is 19.0 Å². The van der Waals surface area contributed by atoms with Gasteiger partial charge < -0.3 is 15.2 Å². The lowest BCUT2D eigenvalue weighted by Crippen LogP contribution is -2.45. The Morgan fingerprint density at radius 3 is 2.68 bits per heavy atom. The lowest BCUT2D eigenvalue weighted by atomic mass is 10.2. The number of nitrogens with zero attached hydrogens (tertiary/aromatic N) is 1. The number of carboxylic acids is 1. The molecule has 0 bridgehead atoms. The summed E-state index contributed by atoms with van der Waals surface area (Å²) in [6, 6.07) is -1.70. The highest BCUT2D eigenvalue weighted by atomic mass is 32.1. The number of carboxylic acid groups (broad SMARTS) is 1. The lowest BCUT2D eigenvalue weighted by molar-refractivity contribution is -0.140. The van der Waals surface area contributed by atoms with E-state index in [1.807, 2.05) is 19.2 Å². The molecule has 1 aromatic rings. The zero-order chi connectivity index (χ0) is 14.4. The summed E-state index contributed by atoms with van der Waals surface area (Å²) < 4.78 is 4.72. The van der Waals surface area contributed by atoms with Crippen molar-refractivity contribution >= 4 is 28.5 Å². The molecule has 0 aliphatic rings. The maximum atomic E-state index is 11.6. The van der Waals surface area contributed by atoms with Crippen LogP contribution in [-0.4, -0.2) is 41.8 Å². The van der Waals surface area contributed by atoms with Gasteiger partial charge >= 0.3 is 12.0 Å². The van der Waals surface area contributed by atoms with Crippen LogP contribution in [0, 0.1) is 0 Å². The molecule has 1 atom stereocenters. The van der Waals surface area contributed by atoms with E-state index < -0.39 is 18.0 Å². The average Bonchev–Trinajstić information content (AvgIpc) is 2.76. The fraction of sp³-hybridized carbons (Fsp3) is 0.545. The summed E-state index contributed by atoms with van der Waals surface area (Å²) in [7, 11) is 1.37. The lowest BCUT2D eigenvalue weighted by Gasteiger charge is -2.13. The van der Waals surface area contributed by atoms with Crippen molar-refractivity contribution in [3.63, 3.8) is 0 Å². The number of hydrogen-bond acceptors (Lipinski definition) is 5. The number of aliphatic carboxylic acids is 1. The van der Waals surface area contributed by atoms with E-state index >= 15 is 0 Å². The summed E-state index contributed by atoms with van der Waals surface area (Å²) in [5.41, 5.74) is 0.881. The fourth-order valence-corrected chi connectivity index (χ4v) is 2.11. The van der Waals surface area contributed by atoms with Crippen LogP contribution < -0.4 is 10.6 Å². The maximum Gasteiger partial charge on any atom is 0.328 e. The van der Waals surface area contributed by atoms with Crippen LogP contribution in [0.4, 0.5) is 9.93 Å². The molecule has 0 saturated heterocycles. The molecule has 7 nitrogen and oxygen atoms in total. The van der Waals surface area contributed by atoms with Gasteiger partial charge in [-0.1, -0.05) is 13.8 Å². The number of carbonyl (C=O) groups excluding carboxylic acids is 1. The van der Waals surface area contributed by atoms with E-state index in [2.05, 4.69) is 15.6 Å². The Balaban J connectivity index is 2.56. The van der Waals surface area contributed by atoms with E-state index in [0.29, 0.717) is 5.13 Å². The zero-order valence-electron chi connectivity index (χ0n) is 11.0. The van der Waals surface area contributed by atoms with Gasteiger partial charge in [0.25, 0.3) is 0 Å². The van der Waals surface area contributed by atoms with Crippen LogP contribution in [0.25, 0.3) is 0 Å². The van der Waals surface area contributed by atoms with E-state index in [-0.39, 0.29) is 12.5 Å². The Morgan fingerprint density at radius 1 is 1.53 bits per heavy atom. The second kappa shape index (κ2) is 7.05. The molecular formula is C11H17N3O4S. The number of anilines is 1. The molecule has 2 amide bonds. The quantitative estimate of drug-likeness (QED) is 0.736. The minimum absolute atomic E-state index is 0.0993. The highest BCUT2D eigenvalue weighted by Gasteiger charge is 2.20. The molecule has 1 aromatic heterocycles. The number of nitrogens with one attached hydrogen (secondary N) is 2. The molecular weight excluding hydrogens is 270 g/mol. The molecule has 1 heterocycles. The first-order valence-corrected chi connectivity index (χ1v) is 6.56. The summed E-state index contributed by atoms with van der Waals surface area (Å²) >= 11 is 1.29. The second-order valence-corrected chi connectivity index (χ2v) is 5.03. The molecule has 19 heavy (non-hydrogen) atoms. The number of ether oxygens (including phenoxy) is 1. The van der Waals surface area contributed by atoms with Crippen LogP contribution in [0.5, 0.6) is 0 Å². The number of hydrogen-bond donors (Lipinski definition) is 3. The number of aromatic nitrogens is 1. The molecule has 106 valence electrons. The Bertz CT molecular complexity index is 447. The molecule has 0 aliphatic carbocycles. The van der Waals surface area contributed by atoms with E-state index in [0.717, 1.165) is 5.69 Å². The summed E-state index contributed by atoms with van der Waals surface area (Å²) in [5, 5.41) is 15.9. The third-order valence-corrected chi connectivity index (χ3v) is 3.05. The largest absolute Gasteiger partial charge is 0.480 e. The molecule has 0 aromatic carbocycles. The molecule has 0 saturated carbocycles. The summed E-state index contributed by atoms with van der Waals surface area (Å²) in [4.78, 5) is 26.7. The van der Waals surface area contributed by atoms with Crippen molar-refractivity contribution in [3.05, 3.63) is 11.1 Å². The van der Waals surface area contributed by atoms with Crippen LogP contribution in [-0.2, 0) is 9.53 Å². The Labute approximate surface area is 115 Å². The highest BCUT2D eigenvalue weighted by molar-refractivity contribution is 7.13. The first kappa shape index (κ1) is 15.4. The number of methoxy groups -OCH3 is 1. The van der Waals surface area contributed by atoms with E-state index in [4.69, 9.17) is 9.84 Å². The highest BCUT2D eigenvalue weighted by Crippen LogP contribution is 2.21. The molecule has 0 aliphatic heterocycles. The van der Waals surface area contributed by atoms with Gasteiger partial charge in [-0.15, -0.1) is 11.3 Å². The first-order valence-electron chi connectivity index (χ1n) is 5.68. The zero-order valence-corrected chi connectivity index (χ0v) is 11.8. The van der Waals surface area contributed by atoms with Gasteiger partial charge in [0.1, 0.15) is 0 Å². The smallest absolute Gasteiger partial charge is 0.328 e. The normalized spacial score (nSPS) is 12.2. The third-order valence-electron chi connectivity index (χ3n) is 2.27. The fourth-order valence-electron chi connectivity index (χ4n) is 1.24. The Kier molecular flexibility index (Phi) is 5.71. The third kappa shape index (κ3) is 4.84. The molecule has 0 radical (unpaired) electrons. The van der Waals surface area contributed by atoms with Gasteiger partial charge in [0.15, 0.2) is 11.2 Å². The van der Waals surface area contributed by atoms with Crippen molar-refractivity contribution in [3.8, 4) is 0 Å². The summed E-state index contributed by atoms with van der Waals surface area (Å²) in [5.74, 6) is -0.880. The minimum Gasteiger partial charge on any atom is -0.480 e. The van der Waals surface area contributed by atoms with Gasteiger partial charge in [-0.05, 0) is 5.92 Å². The second-order valence-electron chi connectivity index (χ2n) is 4.18.